The average molecular weight is 434 g/mol. The van der Waals surface area contributed by atoms with E-state index in [0.29, 0.717) is 15.6 Å². The van der Waals surface area contributed by atoms with Crippen molar-refractivity contribution in [2.45, 2.75) is 19.9 Å². The molecule has 5 heteroatoms. The SMILES string of the molecule is Cc1cccc(C(=O)NC(C)c2ccc(Cl)c(Cl)c2)c1I. The van der Waals surface area contributed by atoms with E-state index in [4.69, 9.17) is 23.2 Å². The van der Waals surface area contributed by atoms with E-state index in [-0.39, 0.29) is 11.9 Å². The van der Waals surface area contributed by atoms with Crippen molar-refractivity contribution in [2.75, 3.05) is 0 Å². The van der Waals surface area contributed by atoms with Crippen molar-refractivity contribution >= 4 is 51.7 Å². The number of carbonyl (C=O) groups excluding carboxylic acids is 1. The summed E-state index contributed by atoms with van der Waals surface area (Å²) in [6.45, 7) is 3.90. The van der Waals surface area contributed by atoms with E-state index >= 15 is 0 Å². The number of aryl methyl sites for hydroxylation is 1. The third-order valence-electron chi connectivity index (χ3n) is 3.23. The van der Waals surface area contributed by atoms with Crippen LogP contribution in [-0.2, 0) is 0 Å². The lowest BCUT2D eigenvalue weighted by atomic mass is 10.1. The first-order valence-electron chi connectivity index (χ1n) is 6.41. The van der Waals surface area contributed by atoms with E-state index in [9.17, 15) is 4.79 Å². The highest BCUT2D eigenvalue weighted by Gasteiger charge is 2.15. The second-order valence-electron chi connectivity index (χ2n) is 4.81. The van der Waals surface area contributed by atoms with Crippen LogP contribution in [0.25, 0.3) is 0 Å². The van der Waals surface area contributed by atoms with Crippen LogP contribution < -0.4 is 5.32 Å². The Morgan fingerprint density at radius 2 is 1.90 bits per heavy atom. The molecule has 1 unspecified atom stereocenters. The van der Waals surface area contributed by atoms with Crippen molar-refractivity contribution < 1.29 is 4.79 Å². The van der Waals surface area contributed by atoms with Crippen LogP contribution in [-0.4, -0.2) is 5.91 Å². The van der Waals surface area contributed by atoms with Gasteiger partial charge in [0, 0.05) is 3.57 Å². The van der Waals surface area contributed by atoms with Crippen LogP contribution in [0, 0.1) is 10.5 Å². The van der Waals surface area contributed by atoms with E-state index < -0.39 is 0 Å². The summed E-state index contributed by atoms with van der Waals surface area (Å²) in [7, 11) is 0. The highest BCUT2D eigenvalue weighted by molar-refractivity contribution is 14.1. The predicted molar refractivity (Wildman–Crippen MR) is 96.2 cm³/mol. The number of hydrogen-bond donors (Lipinski definition) is 1. The molecule has 1 amide bonds. The van der Waals surface area contributed by atoms with E-state index in [2.05, 4.69) is 27.9 Å². The number of halogens is 3. The minimum atomic E-state index is -0.149. The summed E-state index contributed by atoms with van der Waals surface area (Å²) in [5.74, 6) is -0.0957. The molecule has 0 bridgehead atoms. The Balaban J connectivity index is 2.18. The summed E-state index contributed by atoms with van der Waals surface area (Å²) in [5.41, 5.74) is 2.69. The van der Waals surface area contributed by atoms with Crippen molar-refractivity contribution in [3.8, 4) is 0 Å². The molecule has 0 heterocycles. The monoisotopic (exact) mass is 433 g/mol. The van der Waals surface area contributed by atoms with Gasteiger partial charge in [-0.2, -0.15) is 0 Å². The molecule has 0 aliphatic carbocycles. The number of rotatable bonds is 3. The van der Waals surface area contributed by atoms with Gasteiger partial charge in [-0.1, -0.05) is 41.4 Å². The summed E-state index contributed by atoms with van der Waals surface area (Å²) in [6, 6.07) is 10.9. The average Bonchev–Trinajstić information content (AvgIpc) is 2.44. The molecule has 1 atom stereocenters. The molecule has 21 heavy (non-hydrogen) atoms. The van der Waals surface area contributed by atoms with Gasteiger partial charge in [0.25, 0.3) is 5.91 Å². The van der Waals surface area contributed by atoms with Crippen molar-refractivity contribution in [3.05, 3.63) is 66.7 Å². The Kier molecular flexibility index (Phi) is 5.52. The zero-order valence-electron chi connectivity index (χ0n) is 11.6. The Labute approximate surface area is 148 Å². The van der Waals surface area contributed by atoms with Crippen LogP contribution in [0.5, 0.6) is 0 Å². The predicted octanol–water partition coefficient (Wildman–Crippen LogP) is 5.40. The maximum atomic E-state index is 12.4. The zero-order chi connectivity index (χ0) is 15.6. The maximum Gasteiger partial charge on any atom is 0.252 e. The summed E-state index contributed by atoms with van der Waals surface area (Å²) >= 11 is 14.1. The number of carbonyl (C=O) groups is 1. The molecule has 0 aromatic heterocycles. The lowest BCUT2D eigenvalue weighted by Gasteiger charge is -2.16. The fourth-order valence-electron chi connectivity index (χ4n) is 1.96. The van der Waals surface area contributed by atoms with Gasteiger partial charge in [-0.25, -0.2) is 0 Å². The van der Waals surface area contributed by atoms with Gasteiger partial charge in [0.1, 0.15) is 0 Å². The quantitative estimate of drug-likeness (QED) is 0.645. The fourth-order valence-corrected chi connectivity index (χ4v) is 2.87. The molecule has 0 aliphatic heterocycles. The molecule has 2 aromatic carbocycles. The van der Waals surface area contributed by atoms with E-state index in [0.717, 1.165) is 14.7 Å². The Morgan fingerprint density at radius 1 is 1.19 bits per heavy atom. The van der Waals surface area contributed by atoms with Gasteiger partial charge in [0.05, 0.1) is 21.7 Å². The lowest BCUT2D eigenvalue weighted by Crippen LogP contribution is -2.27. The van der Waals surface area contributed by atoms with Crippen LogP contribution in [0.15, 0.2) is 36.4 Å². The van der Waals surface area contributed by atoms with Crippen LogP contribution in [0.2, 0.25) is 10.0 Å². The third kappa shape index (κ3) is 3.90. The Bertz CT molecular complexity index is 688. The number of hydrogen-bond acceptors (Lipinski definition) is 1. The van der Waals surface area contributed by atoms with Crippen molar-refractivity contribution in [3.63, 3.8) is 0 Å². The van der Waals surface area contributed by atoms with E-state index in [1.807, 2.05) is 38.1 Å². The minimum absolute atomic E-state index is 0.0957. The van der Waals surface area contributed by atoms with Crippen molar-refractivity contribution in [1.29, 1.82) is 0 Å². The van der Waals surface area contributed by atoms with Gasteiger partial charge in [-0.15, -0.1) is 0 Å². The summed E-state index contributed by atoms with van der Waals surface area (Å²) in [6.07, 6.45) is 0. The normalized spacial score (nSPS) is 12.0. The molecule has 0 spiro atoms. The molecule has 110 valence electrons. The molecule has 2 aromatic rings. The third-order valence-corrected chi connectivity index (χ3v) is 5.40. The van der Waals surface area contributed by atoms with Crippen molar-refractivity contribution in [2.24, 2.45) is 0 Å². The number of benzene rings is 2. The van der Waals surface area contributed by atoms with E-state index in [1.54, 1.807) is 12.1 Å². The van der Waals surface area contributed by atoms with E-state index in [1.165, 1.54) is 0 Å². The maximum absolute atomic E-state index is 12.4. The standard InChI is InChI=1S/C16H14Cl2INO/c1-9-4-3-5-12(15(9)19)16(21)20-10(2)11-6-7-13(17)14(18)8-11/h3-8,10H,1-2H3,(H,20,21). The molecule has 0 fully saturated rings. The fraction of sp³-hybridized carbons (Fsp3) is 0.188. The molecule has 0 aliphatic rings. The Morgan fingerprint density at radius 3 is 2.57 bits per heavy atom. The minimum Gasteiger partial charge on any atom is -0.345 e. The highest BCUT2D eigenvalue weighted by atomic mass is 127. The number of nitrogens with one attached hydrogen (secondary N) is 1. The lowest BCUT2D eigenvalue weighted by molar-refractivity contribution is 0.0939. The first-order valence-corrected chi connectivity index (χ1v) is 8.24. The molecule has 2 nitrogen and oxygen atoms in total. The molecular weight excluding hydrogens is 420 g/mol. The summed E-state index contributed by atoms with van der Waals surface area (Å²) < 4.78 is 0.967. The van der Waals surface area contributed by atoms with Crippen LogP contribution in [0.4, 0.5) is 0 Å². The molecule has 1 N–H and O–H groups in total. The zero-order valence-corrected chi connectivity index (χ0v) is 15.3. The first kappa shape index (κ1) is 16.6. The highest BCUT2D eigenvalue weighted by Crippen LogP contribution is 2.26. The molecular formula is C16H14Cl2INO. The van der Waals surface area contributed by atoms with Gasteiger partial charge in [0.15, 0.2) is 0 Å². The topological polar surface area (TPSA) is 29.1 Å². The Hall–Kier alpha value is -0.780. The van der Waals surface area contributed by atoms with Gasteiger partial charge < -0.3 is 5.32 Å². The summed E-state index contributed by atoms with van der Waals surface area (Å²) in [4.78, 5) is 12.4. The van der Waals surface area contributed by atoms with Gasteiger partial charge in [-0.3, -0.25) is 4.79 Å². The van der Waals surface area contributed by atoms with Gasteiger partial charge in [0.2, 0.25) is 0 Å². The first-order chi connectivity index (χ1) is 9.90. The molecule has 0 saturated carbocycles. The molecule has 2 rings (SSSR count). The van der Waals surface area contributed by atoms with Crippen LogP contribution in [0.1, 0.15) is 34.5 Å². The molecule has 0 saturated heterocycles. The summed E-state index contributed by atoms with van der Waals surface area (Å²) in [5, 5.41) is 3.97. The number of amides is 1. The van der Waals surface area contributed by atoms with Crippen LogP contribution >= 0.6 is 45.8 Å². The van der Waals surface area contributed by atoms with Gasteiger partial charge >= 0.3 is 0 Å². The largest absolute Gasteiger partial charge is 0.345 e. The molecule has 0 radical (unpaired) electrons. The van der Waals surface area contributed by atoms with Crippen LogP contribution in [0.3, 0.4) is 0 Å². The smallest absolute Gasteiger partial charge is 0.252 e. The van der Waals surface area contributed by atoms with Gasteiger partial charge in [-0.05, 0) is 65.8 Å². The van der Waals surface area contributed by atoms with Crippen molar-refractivity contribution in [1.82, 2.24) is 5.32 Å². The second kappa shape index (κ2) is 6.99. The second-order valence-corrected chi connectivity index (χ2v) is 6.70.